The molecule has 0 aliphatic rings. The monoisotopic (exact) mass is 498 g/mol. The van der Waals surface area contributed by atoms with Crippen molar-refractivity contribution < 1.29 is 18.0 Å². The van der Waals surface area contributed by atoms with Crippen LogP contribution in [0.1, 0.15) is 52.9 Å². The number of ketones is 1. The minimum atomic E-state index is -4.15. The smallest absolute Gasteiger partial charge is 0.244 e. The van der Waals surface area contributed by atoms with Crippen LogP contribution in [0, 0.1) is 6.92 Å². The molecule has 0 aliphatic carbocycles. The van der Waals surface area contributed by atoms with Gasteiger partial charge in [-0.3, -0.25) is 9.59 Å². The third-order valence-corrected chi connectivity index (χ3v) is 7.63. The van der Waals surface area contributed by atoms with Gasteiger partial charge in [0.1, 0.15) is 6.04 Å². The normalized spacial score (nSPS) is 12.5. The van der Waals surface area contributed by atoms with Gasteiger partial charge in [-0.1, -0.05) is 67.1 Å². The highest BCUT2D eigenvalue weighted by molar-refractivity contribution is 7.89. The van der Waals surface area contributed by atoms with Crippen molar-refractivity contribution in [1.29, 1.82) is 0 Å². The molecule has 6 nitrogen and oxygen atoms in total. The number of nitrogens with two attached hydrogens (primary N) is 1. The number of benzene rings is 3. The first-order chi connectivity index (χ1) is 16.1. The maximum absolute atomic E-state index is 13.8. The van der Waals surface area contributed by atoms with Gasteiger partial charge in [-0.2, -0.15) is 4.31 Å². The Labute approximate surface area is 205 Å². The van der Waals surface area contributed by atoms with Gasteiger partial charge < -0.3 is 5.73 Å². The van der Waals surface area contributed by atoms with Gasteiger partial charge in [0.2, 0.25) is 15.9 Å². The minimum absolute atomic E-state index is 0.00789. The third-order valence-electron chi connectivity index (χ3n) is 5.55. The van der Waals surface area contributed by atoms with Gasteiger partial charge in [0.25, 0.3) is 0 Å². The summed E-state index contributed by atoms with van der Waals surface area (Å²) >= 11 is 5.95. The van der Waals surface area contributed by atoms with Crippen LogP contribution in [0.15, 0.2) is 77.7 Å². The van der Waals surface area contributed by atoms with Crippen molar-refractivity contribution in [2.45, 2.75) is 44.2 Å². The van der Waals surface area contributed by atoms with E-state index in [1.807, 2.05) is 6.92 Å². The van der Waals surface area contributed by atoms with Crippen LogP contribution >= 0.6 is 11.6 Å². The van der Waals surface area contributed by atoms with Crippen molar-refractivity contribution in [2.24, 2.45) is 5.73 Å². The molecule has 0 aliphatic heterocycles. The third kappa shape index (κ3) is 5.73. The van der Waals surface area contributed by atoms with Gasteiger partial charge in [0.15, 0.2) is 5.78 Å². The molecule has 0 fully saturated rings. The molecule has 8 heteroatoms. The zero-order valence-corrected chi connectivity index (χ0v) is 20.6. The summed E-state index contributed by atoms with van der Waals surface area (Å²) in [6.45, 7) is 3.61. The number of amides is 1. The molecule has 34 heavy (non-hydrogen) atoms. The van der Waals surface area contributed by atoms with Crippen molar-refractivity contribution in [1.82, 2.24) is 4.31 Å². The first-order valence-electron chi connectivity index (χ1n) is 10.9. The second-order valence-electron chi connectivity index (χ2n) is 8.04. The summed E-state index contributed by atoms with van der Waals surface area (Å²) in [6.07, 6.45) is 1.18. The molecule has 2 N–H and O–H groups in total. The summed E-state index contributed by atoms with van der Waals surface area (Å²) in [5.41, 5.74) is 8.19. The topological polar surface area (TPSA) is 97.5 Å². The van der Waals surface area contributed by atoms with E-state index < -0.39 is 22.0 Å². The molecular formula is C26H27ClN2O4S. The molecule has 1 atom stereocenters. The van der Waals surface area contributed by atoms with Crippen LogP contribution in [-0.4, -0.2) is 24.4 Å². The fourth-order valence-corrected chi connectivity index (χ4v) is 5.44. The van der Waals surface area contributed by atoms with Crippen LogP contribution in [0.2, 0.25) is 5.02 Å². The number of rotatable bonds is 10. The Bertz CT molecular complexity index is 1270. The number of primary amides is 1. The molecule has 3 aromatic carbocycles. The Balaban J connectivity index is 2.10. The number of Topliss-reactive ketones (excluding diaryl/α,β-unsaturated/α-hetero) is 1. The van der Waals surface area contributed by atoms with E-state index in [1.54, 1.807) is 55.5 Å². The molecule has 0 heterocycles. The molecule has 178 valence electrons. The molecule has 1 unspecified atom stereocenters. The number of aryl methyl sites for hydroxylation is 1. The molecule has 3 rings (SSSR count). The Morgan fingerprint density at radius 3 is 2.15 bits per heavy atom. The zero-order chi connectivity index (χ0) is 24.9. The number of nitrogens with zero attached hydrogens (tertiary/aromatic N) is 1. The standard InChI is InChI=1S/C26H27ClN2O4S/c1-3-6-24(30)20-11-9-19(10-12-20)17-29(34(32,33)22-15-13-21(27)14-16-22)25(26(28)31)23-8-5-4-7-18(23)2/h4-5,7-16,25H,3,6,17H2,1-2H3,(H2,28,31). The van der Waals surface area contributed by atoms with Crippen LogP contribution in [-0.2, 0) is 21.4 Å². The average molecular weight is 499 g/mol. The lowest BCUT2D eigenvalue weighted by molar-refractivity contribution is -0.122. The second kappa shape index (κ2) is 11.0. The predicted molar refractivity (Wildman–Crippen MR) is 133 cm³/mol. The zero-order valence-electron chi connectivity index (χ0n) is 19.1. The highest BCUT2D eigenvalue weighted by Gasteiger charge is 2.36. The van der Waals surface area contributed by atoms with E-state index in [1.165, 1.54) is 24.3 Å². The lowest BCUT2D eigenvalue weighted by Gasteiger charge is -2.30. The van der Waals surface area contributed by atoms with Gasteiger partial charge in [-0.05, 0) is 54.3 Å². The number of sulfonamides is 1. The molecule has 0 bridgehead atoms. The molecule has 1 amide bonds. The highest BCUT2D eigenvalue weighted by atomic mass is 35.5. The summed E-state index contributed by atoms with van der Waals surface area (Å²) in [5, 5.41) is 0.392. The van der Waals surface area contributed by atoms with Gasteiger partial charge in [0.05, 0.1) is 4.90 Å². The Hall–Kier alpha value is -3.00. The van der Waals surface area contributed by atoms with Crippen molar-refractivity contribution in [3.05, 3.63) is 100 Å². The summed E-state index contributed by atoms with van der Waals surface area (Å²) in [5.74, 6) is -0.767. The van der Waals surface area contributed by atoms with Crippen molar-refractivity contribution in [3.8, 4) is 0 Å². The molecule has 3 aromatic rings. The van der Waals surface area contributed by atoms with Crippen LogP contribution in [0.4, 0.5) is 0 Å². The van der Waals surface area contributed by atoms with Crippen LogP contribution < -0.4 is 5.73 Å². The molecule has 0 spiro atoms. The fourth-order valence-electron chi connectivity index (χ4n) is 3.75. The largest absolute Gasteiger partial charge is 0.368 e. The number of carbonyl (C=O) groups is 2. The quantitative estimate of drug-likeness (QED) is 0.395. The number of halogens is 1. The van der Waals surface area contributed by atoms with Crippen molar-refractivity contribution in [2.75, 3.05) is 0 Å². The lowest BCUT2D eigenvalue weighted by atomic mass is 10.00. The second-order valence-corrected chi connectivity index (χ2v) is 10.4. The Kier molecular flexibility index (Phi) is 8.25. The van der Waals surface area contributed by atoms with Gasteiger partial charge in [0, 0.05) is 23.6 Å². The maximum atomic E-state index is 13.8. The molecule has 0 aromatic heterocycles. The van der Waals surface area contributed by atoms with Crippen molar-refractivity contribution in [3.63, 3.8) is 0 Å². The molecular weight excluding hydrogens is 472 g/mol. The first kappa shape index (κ1) is 25.6. The lowest BCUT2D eigenvalue weighted by Crippen LogP contribution is -2.41. The average Bonchev–Trinajstić information content (AvgIpc) is 2.80. The minimum Gasteiger partial charge on any atom is -0.368 e. The van der Waals surface area contributed by atoms with E-state index in [0.29, 0.717) is 28.1 Å². The fraction of sp³-hybridized carbons (Fsp3) is 0.231. The summed E-state index contributed by atoms with van der Waals surface area (Å²) in [7, 11) is -4.15. The van der Waals surface area contributed by atoms with E-state index in [2.05, 4.69) is 0 Å². The SMILES string of the molecule is CCCC(=O)c1ccc(CN(C(C(N)=O)c2ccccc2C)S(=O)(=O)c2ccc(Cl)cc2)cc1. The number of carbonyl (C=O) groups excluding carboxylic acids is 2. The molecule has 0 saturated heterocycles. The first-order valence-corrected chi connectivity index (χ1v) is 12.7. The predicted octanol–water partition coefficient (Wildman–Crippen LogP) is 5.05. The van der Waals surface area contributed by atoms with Gasteiger partial charge in [-0.25, -0.2) is 8.42 Å². The molecule has 0 radical (unpaired) electrons. The summed E-state index contributed by atoms with van der Waals surface area (Å²) in [4.78, 5) is 24.9. The van der Waals surface area contributed by atoms with Crippen LogP contribution in [0.5, 0.6) is 0 Å². The number of hydrogen-bond donors (Lipinski definition) is 1. The Morgan fingerprint density at radius 2 is 1.59 bits per heavy atom. The van der Waals surface area contributed by atoms with Gasteiger partial charge in [-0.15, -0.1) is 0 Å². The van der Waals surface area contributed by atoms with E-state index in [0.717, 1.165) is 16.3 Å². The van der Waals surface area contributed by atoms with E-state index in [-0.39, 0.29) is 17.2 Å². The maximum Gasteiger partial charge on any atom is 0.244 e. The van der Waals surface area contributed by atoms with Gasteiger partial charge >= 0.3 is 0 Å². The van der Waals surface area contributed by atoms with E-state index >= 15 is 0 Å². The van der Waals surface area contributed by atoms with E-state index in [4.69, 9.17) is 17.3 Å². The Morgan fingerprint density at radius 1 is 0.971 bits per heavy atom. The number of hydrogen-bond acceptors (Lipinski definition) is 4. The summed E-state index contributed by atoms with van der Waals surface area (Å²) in [6, 6.07) is 18.3. The van der Waals surface area contributed by atoms with E-state index in [9.17, 15) is 18.0 Å². The van der Waals surface area contributed by atoms with Crippen molar-refractivity contribution >= 4 is 33.3 Å². The summed E-state index contributed by atoms with van der Waals surface area (Å²) < 4.78 is 28.6. The highest BCUT2D eigenvalue weighted by Crippen LogP contribution is 2.32. The van der Waals surface area contributed by atoms with Crippen LogP contribution in [0.25, 0.3) is 0 Å². The van der Waals surface area contributed by atoms with Crippen LogP contribution in [0.3, 0.4) is 0 Å². The molecule has 0 saturated carbocycles.